The van der Waals surface area contributed by atoms with Gasteiger partial charge in [-0.3, -0.25) is 4.79 Å². The van der Waals surface area contributed by atoms with Crippen molar-refractivity contribution in [2.24, 2.45) is 11.3 Å². The van der Waals surface area contributed by atoms with Gasteiger partial charge in [-0.2, -0.15) is 5.26 Å². The quantitative estimate of drug-likeness (QED) is 0.834. The number of hydrogen-bond acceptors (Lipinski definition) is 5. The number of fused-ring (bicyclic) bond motifs is 1. The molecule has 0 bridgehead atoms. The van der Waals surface area contributed by atoms with E-state index < -0.39 is 0 Å². The topological polar surface area (TPSA) is 78.9 Å². The molecule has 1 aliphatic rings. The Balaban J connectivity index is 1.88. The molecule has 0 saturated heterocycles. The largest absolute Gasteiger partial charge is 0.360 e. The molecule has 0 spiro atoms. The standard InChI is InChI=1S/C20H25N3O2S/c1-6-13-11(2)26-19(15(13)10-21)22-18(24)17-14-9-12(20(3,4)5)7-8-16(14)25-23-17/h12H,6-9H2,1-5H3,(H,22,24)/t12-/m1/s1. The Labute approximate surface area is 158 Å². The number of rotatable bonds is 3. The van der Waals surface area contributed by atoms with Crippen molar-refractivity contribution in [1.82, 2.24) is 5.16 Å². The fraction of sp³-hybridized carbons (Fsp3) is 0.550. The Morgan fingerprint density at radius 1 is 1.46 bits per heavy atom. The molecule has 1 N–H and O–H groups in total. The number of anilines is 1. The summed E-state index contributed by atoms with van der Waals surface area (Å²) in [6.45, 7) is 10.7. The fourth-order valence-electron chi connectivity index (χ4n) is 3.69. The summed E-state index contributed by atoms with van der Waals surface area (Å²) in [4.78, 5) is 13.9. The number of nitrogens with one attached hydrogen (secondary N) is 1. The lowest BCUT2D eigenvalue weighted by Gasteiger charge is -2.33. The van der Waals surface area contributed by atoms with Gasteiger partial charge in [0.15, 0.2) is 5.69 Å². The SMILES string of the molecule is CCc1c(C)sc(NC(=O)c2noc3c2C[C@H](C(C)(C)C)CC3)c1C#N. The zero-order valence-electron chi connectivity index (χ0n) is 16.0. The van der Waals surface area contributed by atoms with Gasteiger partial charge in [0.2, 0.25) is 0 Å². The lowest BCUT2D eigenvalue weighted by atomic mass is 9.71. The number of aromatic nitrogens is 1. The van der Waals surface area contributed by atoms with E-state index in [1.54, 1.807) is 0 Å². The third-order valence-corrected chi connectivity index (χ3v) is 6.44. The van der Waals surface area contributed by atoms with E-state index in [9.17, 15) is 10.1 Å². The molecule has 0 aliphatic heterocycles. The van der Waals surface area contributed by atoms with E-state index in [1.165, 1.54) is 11.3 Å². The minimum atomic E-state index is -0.287. The van der Waals surface area contributed by atoms with E-state index in [0.717, 1.165) is 47.4 Å². The monoisotopic (exact) mass is 371 g/mol. The Morgan fingerprint density at radius 3 is 2.81 bits per heavy atom. The molecule has 1 aliphatic carbocycles. The molecule has 26 heavy (non-hydrogen) atoms. The van der Waals surface area contributed by atoms with E-state index in [2.05, 4.69) is 37.3 Å². The van der Waals surface area contributed by atoms with Crippen LogP contribution in [-0.2, 0) is 19.3 Å². The third-order valence-electron chi connectivity index (χ3n) is 5.38. The number of amides is 1. The van der Waals surface area contributed by atoms with Gasteiger partial charge in [0.1, 0.15) is 16.8 Å². The van der Waals surface area contributed by atoms with Gasteiger partial charge in [0, 0.05) is 16.9 Å². The summed E-state index contributed by atoms with van der Waals surface area (Å²) in [7, 11) is 0. The zero-order chi connectivity index (χ0) is 19.1. The minimum absolute atomic E-state index is 0.178. The number of carbonyl (C=O) groups is 1. The molecule has 2 heterocycles. The highest BCUT2D eigenvalue weighted by Gasteiger charge is 2.34. The van der Waals surface area contributed by atoms with Crippen molar-refractivity contribution >= 4 is 22.2 Å². The van der Waals surface area contributed by atoms with Crippen molar-refractivity contribution in [1.29, 1.82) is 5.26 Å². The number of nitriles is 1. The molecule has 138 valence electrons. The number of carbonyl (C=O) groups excluding carboxylic acids is 1. The summed E-state index contributed by atoms with van der Waals surface area (Å²) in [5.41, 5.74) is 3.03. The van der Waals surface area contributed by atoms with E-state index in [4.69, 9.17) is 4.52 Å². The molecule has 3 rings (SSSR count). The minimum Gasteiger partial charge on any atom is -0.360 e. The first-order valence-corrected chi connectivity index (χ1v) is 9.89. The molecule has 0 aromatic carbocycles. The van der Waals surface area contributed by atoms with E-state index in [-0.39, 0.29) is 11.3 Å². The van der Waals surface area contributed by atoms with Gasteiger partial charge in [-0.05, 0) is 43.1 Å². The first kappa shape index (κ1) is 18.7. The normalized spacial score (nSPS) is 16.8. The van der Waals surface area contributed by atoms with E-state index in [0.29, 0.717) is 22.2 Å². The predicted octanol–water partition coefficient (Wildman–Crippen LogP) is 4.88. The van der Waals surface area contributed by atoms with Crippen LogP contribution < -0.4 is 5.32 Å². The molecular formula is C20H25N3O2S. The van der Waals surface area contributed by atoms with Gasteiger partial charge in [-0.15, -0.1) is 11.3 Å². The van der Waals surface area contributed by atoms with Gasteiger partial charge in [0.25, 0.3) is 5.91 Å². The Morgan fingerprint density at radius 2 is 2.19 bits per heavy atom. The van der Waals surface area contributed by atoms with Crippen molar-refractivity contribution in [3.05, 3.63) is 33.0 Å². The van der Waals surface area contributed by atoms with Crippen molar-refractivity contribution < 1.29 is 9.32 Å². The summed E-state index contributed by atoms with van der Waals surface area (Å²) < 4.78 is 5.44. The Bertz CT molecular complexity index is 880. The van der Waals surface area contributed by atoms with Crippen LogP contribution in [0.25, 0.3) is 0 Å². The molecule has 2 aromatic heterocycles. The lowest BCUT2D eigenvalue weighted by molar-refractivity contribution is 0.101. The molecule has 6 heteroatoms. The van der Waals surface area contributed by atoms with Crippen molar-refractivity contribution in [2.75, 3.05) is 5.32 Å². The fourth-order valence-corrected chi connectivity index (χ4v) is 4.79. The maximum Gasteiger partial charge on any atom is 0.278 e. The van der Waals surface area contributed by atoms with Crippen molar-refractivity contribution in [3.8, 4) is 6.07 Å². The summed E-state index contributed by atoms with van der Waals surface area (Å²) >= 11 is 1.45. The molecule has 2 aromatic rings. The summed E-state index contributed by atoms with van der Waals surface area (Å²) in [5.74, 6) is 1.03. The van der Waals surface area contributed by atoms with Crippen LogP contribution in [0.4, 0.5) is 5.00 Å². The smallest absolute Gasteiger partial charge is 0.278 e. The van der Waals surface area contributed by atoms with Crippen LogP contribution in [0.5, 0.6) is 0 Å². The van der Waals surface area contributed by atoms with Crippen LogP contribution in [0.2, 0.25) is 0 Å². The predicted molar refractivity (Wildman–Crippen MR) is 103 cm³/mol. The van der Waals surface area contributed by atoms with Gasteiger partial charge in [-0.25, -0.2) is 0 Å². The Hall–Kier alpha value is -2.13. The molecular weight excluding hydrogens is 346 g/mol. The molecule has 1 amide bonds. The first-order valence-electron chi connectivity index (χ1n) is 9.07. The van der Waals surface area contributed by atoms with Crippen molar-refractivity contribution in [3.63, 3.8) is 0 Å². The third kappa shape index (κ3) is 3.28. The molecule has 1 atom stereocenters. The van der Waals surface area contributed by atoms with Crippen LogP contribution in [0.1, 0.15) is 71.9 Å². The van der Waals surface area contributed by atoms with Crippen LogP contribution >= 0.6 is 11.3 Å². The second-order valence-electron chi connectivity index (χ2n) is 8.00. The summed E-state index contributed by atoms with van der Waals surface area (Å²) in [5, 5.41) is 17.0. The highest BCUT2D eigenvalue weighted by Crippen LogP contribution is 2.39. The molecule has 0 radical (unpaired) electrons. The maximum absolute atomic E-state index is 12.8. The molecule has 5 nitrogen and oxygen atoms in total. The second-order valence-corrected chi connectivity index (χ2v) is 9.22. The highest BCUT2D eigenvalue weighted by atomic mass is 32.1. The number of hydrogen-bond donors (Lipinski definition) is 1. The van der Waals surface area contributed by atoms with Crippen LogP contribution in [0, 0.1) is 29.6 Å². The number of thiophene rings is 1. The summed E-state index contributed by atoms with van der Waals surface area (Å²) in [6, 6.07) is 2.23. The van der Waals surface area contributed by atoms with E-state index >= 15 is 0 Å². The highest BCUT2D eigenvalue weighted by molar-refractivity contribution is 7.16. The number of aryl methyl sites for hydroxylation is 2. The summed E-state index contributed by atoms with van der Waals surface area (Å²) in [6.07, 6.45) is 3.45. The van der Waals surface area contributed by atoms with Gasteiger partial charge < -0.3 is 9.84 Å². The van der Waals surface area contributed by atoms with Gasteiger partial charge >= 0.3 is 0 Å². The van der Waals surface area contributed by atoms with Crippen LogP contribution in [-0.4, -0.2) is 11.1 Å². The van der Waals surface area contributed by atoms with Crippen LogP contribution in [0.15, 0.2) is 4.52 Å². The molecule has 0 unspecified atom stereocenters. The van der Waals surface area contributed by atoms with Gasteiger partial charge in [0.05, 0.1) is 5.56 Å². The van der Waals surface area contributed by atoms with E-state index in [1.807, 2.05) is 13.8 Å². The first-order chi connectivity index (χ1) is 12.3. The average Bonchev–Trinajstić information content (AvgIpc) is 3.13. The second kappa shape index (κ2) is 6.88. The number of nitrogens with zero attached hydrogens (tertiary/aromatic N) is 2. The average molecular weight is 372 g/mol. The zero-order valence-corrected chi connectivity index (χ0v) is 16.8. The maximum atomic E-state index is 12.8. The van der Waals surface area contributed by atoms with Crippen molar-refractivity contribution in [2.45, 2.75) is 60.3 Å². The lowest BCUT2D eigenvalue weighted by Crippen LogP contribution is -2.27. The van der Waals surface area contributed by atoms with Gasteiger partial charge in [-0.1, -0.05) is 32.9 Å². The molecule has 0 fully saturated rings. The Kier molecular flexibility index (Phi) is 4.94. The molecule has 0 saturated carbocycles. The van der Waals surface area contributed by atoms with Crippen LogP contribution in [0.3, 0.4) is 0 Å².